The first-order valence-electron chi connectivity index (χ1n) is 6.16. The summed E-state index contributed by atoms with van der Waals surface area (Å²) in [5.41, 5.74) is 0. The average molecular weight is 308 g/mol. The summed E-state index contributed by atoms with van der Waals surface area (Å²) in [4.78, 5) is 4.35. The van der Waals surface area contributed by atoms with Gasteiger partial charge in [0.25, 0.3) is 0 Å². The van der Waals surface area contributed by atoms with Gasteiger partial charge < -0.3 is 9.47 Å². The van der Waals surface area contributed by atoms with Gasteiger partial charge in [0.05, 0.1) is 6.61 Å². The van der Waals surface area contributed by atoms with Crippen LogP contribution >= 0.6 is 15.9 Å². The van der Waals surface area contributed by atoms with Crippen molar-refractivity contribution in [3.63, 3.8) is 0 Å². The Kier molecular flexibility index (Phi) is 3.48. The number of rotatable bonds is 2. The van der Waals surface area contributed by atoms with Gasteiger partial charge in [0.2, 0.25) is 12.2 Å². The summed E-state index contributed by atoms with van der Waals surface area (Å²) in [6.07, 6.45) is 4.83. The highest BCUT2D eigenvalue weighted by Gasteiger charge is 2.17. The van der Waals surface area contributed by atoms with Crippen LogP contribution in [0.15, 0.2) is 34.9 Å². The van der Waals surface area contributed by atoms with E-state index in [1.165, 1.54) is 0 Å². The third-order valence-corrected chi connectivity index (χ3v) is 3.72. The van der Waals surface area contributed by atoms with E-state index >= 15 is 0 Å². The van der Waals surface area contributed by atoms with Gasteiger partial charge in [-0.2, -0.15) is 0 Å². The number of nitrogens with zero attached hydrogens (tertiary/aromatic N) is 1. The molecule has 1 saturated heterocycles. The lowest BCUT2D eigenvalue weighted by molar-refractivity contribution is -0.107. The van der Waals surface area contributed by atoms with Crippen molar-refractivity contribution in [2.45, 2.75) is 25.6 Å². The predicted molar refractivity (Wildman–Crippen MR) is 73.7 cm³/mol. The Hall–Kier alpha value is -1.13. The SMILES string of the molecule is Brc1cnc(O[C@H]2CCCCO2)c2ccccc12. The highest BCUT2D eigenvalue weighted by Crippen LogP contribution is 2.30. The van der Waals surface area contributed by atoms with E-state index in [-0.39, 0.29) is 6.29 Å². The lowest BCUT2D eigenvalue weighted by atomic mass is 10.2. The molecule has 0 unspecified atom stereocenters. The monoisotopic (exact) mass is 307 g/mol. The molecule has 1 aromatic carbocycles. The molecule has 0 aliphatic carbocycles. The number of benzene rings is 1. The van der Waals surface area contributed by atoms with Crippen molar-refractivity contribution in [3.05, 3.63) is 34.9 Å². The number of pyridine rings is 1. The number of halogens is 1. The molecule has 0 radical (unpaired) electrons. The Labute approximate surface area is 114 Å². The van der Waals surface area contributed by atoms with E-state index in [9.17, 15) is 0 Å². The van der Waals surface area contributed by atoms with Crippen molar-refractivity contribution in [1.29, 1.82) is 0 Å². The van der Waals surface area contributed by atoms with Gasteiger partial charge in [-0.1, -0.05) is 18.2 Å². The van der Waals surface area contributed by atoms with Gasteiger partial charge in [0.15, 0.2) is 0 Å². The Morgan fingerprint density at radius 1 is 1.22 bits per heavy atom. The van der Waals surface area contributed by atoms with Gasteiger partial charge in [-0.15, -0.1) is 0 Å². The second kappa shape index (κ2) is 5.24. The highest BCUT2D eigenvalue weighted by molar-refractivity contribution is 9.10. The predicted octanol–water partition coefficient (Wildman–Crippen LogP) is 3.90. The molecule has 3 nitrogen and oxygen atoms in total. The number of ether oxygens (including phenoxy) is 2. The lowest BCUT2D eigenvalue weighted by Crippen LogP contribution is -2.25. The molecule has 0 saturated carbocycles. The van der Waals surface area contributed by atoms with Crippen molar-refractivity contribution in [2.75, 3.05) is 6.61 Å². The van der Waals surface area contributed by atoms with Crippen LogP contribution in [0.4, 0.5) is 0 Å². The standard InChI is InChI=1S/C14H14BrNO2/c15-12-9-16-14(11-6-2-1-5-10(11)12)18-13-7-3-4-8-17-13/h1-2,5-6,9,13H,3-4,7-8H2/t13-/m0/s1. The van der Waals surface area contributed by atoms with Gasteiger partial charge in [0, 0.05) is 27.9 Å². The van der Waals surface area contributed by atoms with Gasteiger partial charge in [-0.05, 0) is 34.8 Å². The van der Waals surface area contributed by atoms with Crippen LogP contribution < -0.4 is 4.74 Å². The van der Waals surface area contributed by atoms with Crippen LogP contribution in [0.25, 0.3) is 10.8 Å². The summed E-state index contributed by atoms with van der Waals surface area (Å²) in [5, 5.41) is 2.12. The zero-order valence-corrected chi connectivity index (χ0v) is 11.5. The molecule has 4 heteroatoms. The zero-order valence-electron chi connectivity index (χ0n) is 9.93. The maximum atomic E-state index is 5.87. The first-order chi connectivity index (χ1) is 8.84. The molecule has 1 aliphatic rings. The van der Waals surface area contributed by atoms with Crippen LogP contribution in [0.2, 0.25) is 0 Å². The number of hydrogen-bond acceptors (Lipinski definition) is 3. The number of aromatic nitrogens is 1. The highest BCUT2D eigenvalue weighted by atomic mass is 79.9. The van der Waals surface area contributed by atoms with Gasteiger partial charge in [0.1, 0.15) is 0 Å². The first kappa shape index (κ1) is 11.9. The van der Waals surface area contributed by atoms with Crippen molar-refractivity contribution in [3.8, 4) is 5.88 Å². The second-order valence-electron chi connectivity index (χ2n) is 4.37. The average Bonchev–Trinajstić information content (AvgIpc) is 2.44. The van der Waals surface area contributed by atoms with Crippen LogP contribution in [0.5, 0.6) is 5.88 Å². The molecule has 2 aromatic rings. The van der Waals surface area contributed by atoms with Crippen molar-refractivity contribution >= 4 is 26.7 Å². The van der Waals surface area contributed by atoms with E-state index in [0.29, 0.717) is 5.88 Å². The minimum atomic E-state index is -0.157. The lowest BCUT2D eigenvalue weighted by Gasteiger charge is -2.23. The molecule has 1 aliphatic heterocycles. The van der Waals surface area contributed by atoms with Crippen LogP contribution in [-0.2, 0) is 4.74 Å². The van der Waals surface area contributed by atoms with Gasteiger partial charge in [-0.25, -0.2) is 4.98 Å². The topological polar surface area (TPSA) is 31.4 Å². The van der Waals surface area contributed by atoms with Crippen LogP contribution in [0, 0.1) is 0 Å². The normalized spacial score (nSPS) is 19.9. The maximum Gasteiger partial charge on any atom is 0.223 e. The van der Waals surface area contributed by atoms with Crippen LogP contribution in [0.3, 0.4) is 0 Å². The fourth-order valence-electron chi connectivity index (χ4n) is 2.15. The van der Waals surface area contributed by atoms with E-state index in [4.69, 9.17) is 9.47 Å². The summed E-state index contributed by atoms with van der Waals surface area (Å²) >= 11 is 3.51. The fraction of sp³-hybridized carbons (Fsp3) is 0.357. The summed E-state index contributed by atoms with van der Waals surface area (Å²) in [6, 6.07) is 8.07. The summed E-state index contributed by atoms with van der Waals surface area (Å²) in [7, 11) is 0. The summed E-state index contributed by atoms with van der Waals surface area (Å²) < 4.78 is 12.4. The Morgan fingerprint density at radius 3 is 2.83 bits per heavy atom. The smallest absolute Gasteiger partial charge is 0.223 e. The molecular weight excluding hydrogens is 294 g/mol. The van der Waals surface area contributed by atoms with Crippen LogP contribution in [-0.4, -0.2) is 17.9 Å². The molecule has 0 amide bonds. The van der Waals surface area contributed by atoms with Gasteiger partial charge >= 0.3 is 0 Å². The molecule has 0 N–H and O–H groups in total. The molecule has 1 fully saturated rings. The van der Waals surface area contributed by atoms with Crippen molar-refractivity contribution < 1.29 is 9.47 Å². The van der Waals surface area contributed by atoms with E-state index in [1.807, 2.05) is 18.2 Å². The fourth-order valence-corrected chi connectivity index (χ4v) is 2.60. The van der Waals surface area contributed by atoms with E-state index < -0.39 is 0 Å². The molecule has 2 heterocycles. The molecule has 3 rings (SSSR count). The van der Waals surface area contributed by atoms with E-state index in [1.54, 1.807) is 6.20 Å². The second-order valence-corrected chi connectivity index (χ2v) is 5.23. The first-order valence-corrected chi connectivity index (χ1v) is 6.95. The van der Waals surface area contributed by atoms with Crippen molar-refractivity contribution in [2.24, 2.45) is 0 Å². The molecular formula is C14H14BrNO2. The summed E-state index contributed by atoms with van der Waals surface area (Å²) in [5.74, 6) is 0.653. The Bertz CT molecular complexity index is 552. The third kappa shape index (κ3) is 2.35. The number of fused-ring (bicyclic) bond motifs is 1. The quantitative estimate of drug-likeness (QED) is 0.843. The summed E-state index contributed by atoms with van der Waals surface area (Å²) in [6.45, 7) is 0.777. The molecule has 94 valence electrons. The minimum Gasteiger partial charge on any atom is -0.447 e. The molecule has 0 spiro atoms. The van der Waals surface area contributed by atoms with Crippen molar-refractivity contribution in [1.82, 2.24) is 4.98 Å². The Morgan fingerprint density at radius 2 is 2.06 bits per heavy atom. The van der Waals surface area contributed by atoms with Gasteiger partial charge in [-0.3, -0.25) is 0 Å². The molecule has 1 atom stereocenters. The zero-order chi connectivity index (χ0) is 12.4. The maximum absolute atomic E-state index is 5.87. The third-order valence-electron chi connectivity index (χ3n) is 3.09. The molecule has 1 aromatic heterocycles. The molecule has 18 heavy (non-hydrogen) atoms. The molecule has 0 bridgehead atoms. The van der Waals surface area contributed by atoms with E-state index in [2.05, 4.69) is 27.0 Å². The largest absolute Gasteiger partial charge is 0.447 e. The minimum absolute atomic E-state index is 0.157. The van der Waals surface area contributed by atoms with E-state index in [0.717, 1.165) is 41.1 Å². The van der Waals surface area contributed by atoms with Crippen LogP contribution in [0.1, 0.15) is 19.3 Å². The number of hydrogen-bond donors (Lipinski definition) is 0. The Balaban J connectivity index is 1.94.